The van der Waals surface area contributed by atoms with E-state index >= 15 is 0 Å². The number of benzene rings is 1. The molecule has 0 heterocycles. The topological polar surface area (TPSA) is 50.7 Å². The third-order valence-corrected chi connectivity index (χ3v) is 2.58. The molecule has 0 saturated carbocycles. The van der Waals surface area contributed by atoms with Gasteiger partial charge in [-0.15, -0.1) is 0 Å². The molecule has 1 rings (SSSR count). The van der Waals surface area contributed by atoms with E-state index in [1.807, 2.05) is 24.3 Å². The van der Waals surface area contributed by atoms with Crippen molar-refractivity contribution in [3.63, 3.8) is 0 Å². The molecule has 0 aliphatic rings. The Hall–Kier alpha value is -0.620. The lowest BCUT2D eigenvalue weighted by Crippen LogP contribution is -2.32. The smallest absolute Gasteiger partial charge is 0.120 e. The third-order valence-electron chi connectivity index (χ3n) is 2.08. The maximum absolute atomic E-state index is 9.37. The molecule has 4 nitrogen and oxygen atoms in total. The number of hydrogen-bond acceptors (Lipinski definition) is 4. The van der Waals surface area contributed by atoms with Gasteiger partial charge in [-0.2, -0.15) is 0 Å². The maximum Gasteiger partial charge on any atom is 0.120 e. The lowest BCUT2D eigenvalue weighted by molar-refractivity contribution is 0.0641. The van der Waals surface area contributed by atoms with Crippen molar-refractivity contribution in [1.29, 1.82) is 0 Å². The SMILES string of the molecule is COCC(O)CNCCOc1cccc(Br)c1. The number of aliphatic hydroxyl groups is 1. The van der Waals surface area contributed by atoms with Gasteiger partial charge in [-0.05, 0) is 18.2 Å². The second kappa shape index (κ2) is 8.47. The Labute approximate surface area is 110 Å². The van der Waals surface area contributed by atoms with E-state index in [-0.39, 0.29) is 0 Å². The maximum atomic E-state index is 9.37. The Morgan fingerprint density at radius 3 is 3.00 bits per heavy atom. The summed E-state index contributed by atoms with van der Waals surface area (Å²) in [6.07, 6.45) is -0.467. The fourth-order valence-corrected chi connectivity index (χ4v) is 1.70. The van der Waals surface area contributed by atoms with Crippen molar-refractivity contribution in [2.24, 2.45) is 0 Å². The van der Waals surface area contributed by atoms with Gasteiger partial charge in [0, 0.05) is 24.7 Å². The van der Waals surface area contributed by atoms with Gasteiger partial charge in [0.15, 0.2) is 0 Å². The van der Waals surface area contributed by atoms with Gasteiger partial charge in [0.2, 0.25) is 0 Å². The highest BCUT2D eigenvalue weighted by Gasteiger charge is 2.01. The Bertz CT molecular complexity index is 322. The highest BCUT2D eigenvalue weighted by atomic mass is 79.9. The number of aliphatic hydroxyl groups excluding tert-OH is 1. The summed E-state index contributed by atoms with van der Waals surface area (Å²) in [6, 6.07) is 7.70. The van der Waals surface area contributed by atoms with Crippen molar-refractivity contribution in [3.05, 3.63) is 28.7 Å². The van der Waals surface area contributed by atoms with Crippen LogP contribution >= 0.6 is 15.9 Å². The van der Waals surface area contributed by atoms with Gasteiger partial charge in [-0.1, -0.05) is 22.0 Å². The third kappa shape index (κ3) is 6.63. The molecular formula is C12H18BrNO3. The summed E-state index contributed by atoms with van der Waals surface area (Å²) in [6.45, 7) is 2.11. The predicted octanol–water partition coefficient (Wildman–Crippen LogP) is 1.42. The van der Waals surface area contributed by atoms with Gasteiger partial charge >= 0.3 is 0 Å². The van der Waals surface area contributed by atoms with Crippen molar-refractivity contribution in [2.75, 3.05) is 33.4 Å². The molecule has 0 spiro atoms. The lowest BCUT2D eigenvalue weighted by Gasteiger charge is -2.11. The summed E-state index contributed by atoms with van der Waals surface area (Å²) in [5.41, 5.74) is 0. The van der Waals surface area contributed by atoms with Crippen molar-refractivity contribution < 1.29 is 14.6 Å². The van der Waals surface area contributed by atoms with E-state index in [0.717, 1.165) is 10.2 Å². The predicted molar refractivity (Wildman–Crippen MR) is 70.4 cm³/mol. The molecule has 5 heteroatoms. The Balaban J connectivity index is 2.08. The molecule has 17 heavy (non-hydrogen) atoms. The second-order valence-electron chi connectivity index (χ2n) is 3.62. The Morgan fingerprint density at radius 2 is 2.29 bits per heavy atom. The second-order valence-corrected chi connectivity index (χ2v) is 4.53. The van der Waals surface area contributed by atoms with E-state index in [4.69, 9.17) is 9.47 Å². The fourth-order valence-electron chi connectivity index (χ4n) is 1.32. The van der Waals surface area contributed by atoms with E-state index in [2.05, 4.69) is 21.2 Å². The van der Waals surface area contributed by atoms with Crippen LogP contribution in [0.3, 0.4) is 0 Å². The van der Waals surface area contributed by atoms with Crippen LogP contribution in [0.2, 0.25) is 0 Å². The molecule has 0 aliphatic heterocycles. The van der Waals surface area contributed by atoms with Crippen molar-refractivity contribution in [2.45, 2.75) is 6.10 Å². The van der Waals surface area contributed by atoms with Gasteiger partial charge in [0.25, 0.3) is 0 Å². The molecule has 0 aliphatic carbocycles. The van der Waals surface area contributed by atoms with Crippen LogP contribution in [0, 0.1) is 0 Å². The van der Waals surface area contributed by atoms with Crippen molar-refractivity contribution >= 4 is 15.9 Å². The number of halogens is 1. The van der Waals surface area contributed by atoms with Crippen molar-refractivity contribution in [1.82, 2.24) is 5.32 Å². The van der Waals surface area contributed by atoms with E-state index in [0.29, 0.717) is 26.3 Å². The van der Waals surface area contributed by atoms with Crippen LogP contribution in [0.4, 0.5) is 0 Å². The van der Waals surface area contributed by atoms with Gasteiger partial charge in [-0.3, -0.25) is 0 Å². The van der Waals surface area contributed by atoms with Crippen LogP contribution in [-0.4, -0.2) is 44.6 Å². The summed E-state index contributed by atoms with van der Waals surface area (Å²) < 4.78 is 11.3. The van der Waals surface area contributed by atoms with Crippen LogP contribution in [0.1, 0.15) is 0 Å². The van der Waals surface area contributed by atoms with Crippen LogP contribution in [-0.2, 0) is 4.74 Å². The summed E-state index contributed by atoms with van der Waals surface area (Å²) in [7, 11) is 1.57. The van der Waals surface area contributed by atoms with Crippen LogP contribution in [0.25, 0.3) is 0 Å². The molecule has 0 bridgehead atoms. The summed E-state index contributed by atoms with van der Waals surface area (Å²) in [5.74, 6) is 0.832. The quantitative estimate of drug-likeness (QED) is 0.713. The monoisotopic (exact) mass is 303 g/mol. The minimum atomic E-state index is -0.467. The van der Waals surface area contributed by atoms with E-state index in [1.165, 1.54) is 0 Å². The highest BCUT2D eigenvalue weighted by Crippen LogP contribution is 2.17. The molecule has 2 N–H and O–H groups in total. The molecule has 1 aromatic rings. The molecule has 1 atom stereocenters. The molecule has 0 aromatic heterocycles. The van der Waals surface area contributed by atoms with Crippen molar-refractivity contribution in [3.8, 4) is 5.75 Å². The molecule has 1 aromatic carbocycles. The summed E-state index contributed by atoms with van der Waals surface area (Å²) >= 11 is 3.38. The van der Waals surface area contributed by atoms with Crippen LogP contribution in [0.5, 0.6) is 5.75 Å². The van der Waals surface area contributed by atoms with E-state index < -0.39 is 6.10 Å². The molecule has 0 saturated heterocycles. The standard InChI is InChI=1S/C12H18BrNO3/c1-16-9-11(15)8-14-5-6-17-12-4-2-3-10(13)7-12/h2-4,7,11,14-15H,5-6,8-9H2,1H3. The molecule has 1 unspecified atom stereocenters. The largest absolute Gasteiger partial charge is 0.492 e. The fraction of sp³-hybridized carbons (Fsp3) is 0.500. The first-order chi connectivity index (χ1) is 8.22. The molecular weight excluding hydrogens is 286 g/mol. The van der Waals surface area contributed by atoms with E-state index in [9.17, 15) is 5.11 Å². The molecule has 0 fully saturated rings. The normalized spacial score (nSPS) is 12.4. The number of rotatable bonds is 8. The molecule has 0 amide bonds. The summed E-state index contributed by atoms with van der Waals surface area (Å²) in [4.78, 5) is 0. The minimum Gasteiger partial charge on any atom is -0.492 e. The molecule has 0 radical (unpaired) electrons. The number of methoxy groups -OCH3 is 1. The minimum absolute atomic E-state index is 0.347. The first-order valence-electron chi connectivity index (χ1n) is 5.48. The average Bonchev–Trinajstić information content (AvgIpc) is 2.29. The zero-order valence-electron chi connectivity index (χ0n) is 9.86. The van der Waals surface area contributed by atoms with Crippen LogP contribution < -0.4 is 10.1 Å². The Kier molecular flexibility index (Phi) is 7.19. The first-order valence-corrected chi connectivity index (χ1v) is 6.27. The van der Waals surface area contributed by atoms with Gasteiger partial charge in [0.1, 0.15) is 12.4 Å². The number of hydrogen-bond donors (Lipinski definition) is 2. The number of ether oxygens (including phenoxy) is 2. The first kappa shape index (κ1) is 14.4. The zero-order chi connectivity index (χ0) is 12.5. The van der Waals surface area contributed by atoms with Gasteiger partial charge in [-0.25, -0.2) is 0 Å². The lowest BCUT2D eigenvalue weighted by atomic mass is 10.3. The van der Waals surface area contributed by atoms with Crippen LogP contribution in [0.15, 0.2) is 28.7 Å². The van der Waals surface area contributed by atoms with Gasteiger partial charge < -0.3 is 19.9 Å². The van der Waals surface area contributed by atoms with E-state index in [1.54, 1.807) is 7.11 Å². The average molecular weight is 304 g/mol. The Morgan fingerprint density at radius 1 is 1.47 bits per heavy atom. The summed E-state index contributed by atoms with van der Waals surface area (Å²) in [5, 5.41) is 12.5. The molecule has 96 valence electrons. The van der Waals surface area contributed by atoms with Gasteiger partial charge in [0.05, 0.1) is 12.7 Å². The zero-order valence-corrected chi connectivity index (χ0v) is 11.4. The highest BCUT2D eigenvalue weighted by molar-refractivity contribution is 9.10. The number of nitrogens with one attached hydrogen (secondary N) is 1.